The largest absolute Gasteiger partial charge is 0.381 e. The molecule has 1 amide bonds. The molecule has 1 aromatic carbocycles. The topological polar surface area (TPSA) is 56.2 Å². The molecule has 1 heterocycles. The van der Waals surface area contributed by atoms with Crippen LogP contribution in [-0.4, -0.2) is 35.4 Å². The van der Waals surface area contributed by atoms with Crippen molar-refractivity contribution in [1.82, 2.24) is 15.1 Å². The van der Waals surface area contributed by atoms with Gasteiger partial charge in [-0.15, -0.1) is 0 Å². The van der Waals surface area contributed by atoms with Gasteiger partial charge in [0.05, 0.1) is 5.69 Å². The molecule has 0 saturated carbocycles. The van der Waals surface area contributed by atoms with Crippen LogP contribution in [-0.2, 0) is 17.6 Å². The van der Waals surface area contributed by atoms with E-state index in [-0.39, 0.29) is 5.91 Å². The zero-order valence-electron chi connectivity index (χ0n) is 16.0. The molecule has 1 aliphatic carbocycles. The van der Waals surface area contributed by atoms with Crippen LogP contribution in [0, 0.1) is 12.8 Å². The maximum atomic E-state index is 12.6. The predicted molar refractivity (Wildman–Crippen MR) is 103 cm³/mol. The van der Waals surface area contributed by atoms with Gasteiger partial charge >= 0.3 is 0 Å². The number of ether oxygens (including phenoxy) is 1. The SMILES string of the molecule is Cc1ccccc1-n1nc(C(=O)NCCCOCC(C)C)c2c1CCC2. The summed E-state index contributed by atoms with van der Waals surface area (Å²) in [5, 5.41) is 7.68. The molecule has 140 valence electrons. The van der Waals surface area contributed by atoms with E-state index in [9.17, 15) is 4.79 Å². The Morgan fingerprint density at radius 1 is 1.31 bits per heavy atom. The van der Waals surface area contributed by atoms with Crippen molar-refractivity contribution in [1.29, 1.82) is 0 Å². The summed E-state index contributed by atoms with van der Waals surface area (Å²) in [5.74, 6) is 0.469. The van der Waals surface area contributed by atoms with Crippen LogP contribution in [0.5, 0.6) is 0 Å². The fourth-order valence-electron chi connectivity index (χ4n) is 3.40. The van der Waals surface area contributed by atoms with Crippen LogP contribution < -0.4 is 5.32 Å². The Labute approximate surface area is 155 Å². The van der Waals surface area contributed by atoms with Crippen molar-refractivity contribution in [3.63, 3.8) is 0 Å². The van der Waals surface area contributed by atoms with Crippen LogP contribution in [0.1, 0.15) is 54.0 Å². The number of hydrogen-bond acceptors (Lipinski definition) is 3. The minimum absolute atomic E-state index is 0.0701. The number of amides is 1. The molecule has 1 N–H and O–H groups in total. The van der Waals surface area contributed by atoms with E-state index in [0.29, 0.717) is 24.8 Å². The molecule has 3 rings (SSSR count). The molecule has 0 saturated heterocycles. The average Bonchev–Trinajstić information content (AvgIpc) is 3.20. The number of aryl methyl sites for hydroxylation is 1. The van der Waals surface area contributed by atoms with Crippen LogP contribution in [0.4, 0.5) is 0 Å². The Kier molecular flexibility index (Phi) is 6.09. The van der Waals surface area contributed by atoms with Crippen molar-refractivity contribution in [3.8, 4) is 5.69 Å². The highest BCUT2D eigenvalue weighted by molar-refractivity contribution is 5.94. The van der Waals surface area contributed by atoms with E-state index in [4.69, 9.17) is 4.74 Å². The van der Waals surface area contributed by atoms with E-state index in [0.717, 1.165) is 43.5 Å². The normalized spacial score (nSPS) is 13.2. The van der Waals surface area contributed by atoms with Gasteiger partial charge in [0.1, 0.15) is 0 Å². The molecule has 0 bridgehead atoms. The molecule has 0 radical (unpaired) electrons. The van der Waals surface area contributed by atoms with E-state index < -0.39 is 0 Å². The molecule has 2 aromatic rings. The van der Waals surface area contributed by atoms with Gasteiger partial charge in [0.2, 0.25) is 0 Å². The third-order valence-corrected chi connectivity index (χ3v) is 4.69. The van der Waals surface area contributed by atoms with Crippen LogP contribution in [0.3, 0.4) is 0 Å². The van der Waals surface area contributed by atoms with E-state index in [1.807, 2.05) is 16.8 Å². The lowest BCUT2D eigenvalue weighted by Crippen LogP contribution is -2.26. The number of fused-ring (bicyclic) bond motifs is 1. The summed E-state index contributed by atoms with van der Waals surface area (Å²) in [4.78, 5) is 12.6. The average molecular weight is 355 g/mol. The molecule has 0 unspecified atom stereocenters. The van der Waals surface area contributed by atoms with Gasteiger partial charge < -0.3 is 10.1 Å². The third-order valence-electron chi connectivity index (χ3n) is 4.69. The quantitative estimate of drug-likeness (QED) is 0.738. The Morgan fingerprint density at radius 3 is 2.88 bits per heavy atom. The lowest BCUT2D eigenvalue weighted by molar-refractivity contribution is 0.0919. The molecule has 5 nitrogen and oxygen atoms in total. The summed E-state index contributed by atoms with van der Waals surface area (Å²) in [6, 6.07) is 8.18. The molecule has 1 aromatic heterocycles. The lowest BCUT2D eigenvalue weighted by Gasteiger charge is -2.08. The van der Waals surface area contributed by atoms with Crippen molar-refractivity contribution in [2.45, 2.75) is 46.5 Å². The molecule has 0 fully saturated rings. The minimum atomic E-state index is -0.0701. The van der Waals surface area contributed by atoms with Crippen molar-refractivity contribution in [2.24, 2.45) is 5.92 Å². The van der Waals surface area contributed by atoms with Gasteiger partial charge in [0.25, 0.3) is 5.91 Å². The highest BCUT2D eigenvalue weighted by atomic mass is 16.5. The fraction of sp³-hybridized carbons (Fsp3) is 0.524. The van der Waals surface area contributed by atoms with Crippen LogP contribution >= 0.6 is 0 Å². The predicted octanol–water partition coefficient (Wildman–Crippen LogP) is 3.46. The summed E-state index contributed by atoms with van der Waals surface area (Å²) < 4.78 is 7.53. The fourth-order valence-corrected chi connectivity index (χ4v) is 3.40. The Morgan fingerprint density at radius 2 is 2.12 bits per heavy atom. The second-order valence-electron chi connectivity index (χ2n) is 7.40. The standard InChI is InChI=1S/C21H29N3O2/c1-15(2)14-26-13-7-12-22-21(25)20-17-9-6-11-19(17)24(23-20)18-10-5-4-8-16(18)3/h4-5,8,10,15H,6-7,9,11-14H2,1-3H3,(H,22,25). The smallest absolute Gasteiger partial charge is 0.272 e. The molecular formula is C21H29N3O2. The van der Waals surface area contributed by atoms with E-state index in [1.54, 1.807) is 0 Å². The number of nitrogens with one attached hydrogen (secondary N) is 1. The summed E-state index contributed by atoms with van der Waals surface area (Å²) in [5.41, 5.74) is 5.11. The molecule has 26 heavy (non-hydrogen) atoms. The number of carbonyl (C=O) groups is 1. The molecule has 5 heteroatoms. The zero-order chi connectivity index (χ0) is 18.5. The highest BCUT2D eigenvalue weighted by Gasteiger charge is 2.27. The third kappa shape index (κ3) is 4.15. The first-order valence-electron chi connectivity index (χ1n) is 9.60. The Hall–Kier alpha value is -2.14. The van der Waals surface area contributed by atoms with Crippen LogP contribution in [0.25, 0.3) is 5.69 Å². The van der Waals surface area contributed by atoms with Crippen LogP contribution in [0.2, 0.25) is 0 Å². The van der Waals surface area contributed by atoms with Crippen LogP contribution in [0.15, 0.2) is 24.3 Å². The number of para-hydroxylation sites is 1. The molecule has 0 spiro atoms. The second kappa shape index (κ2) is 8.49. The van der Waals surface area contributed by atoms with Gasteiger partial charge in [-0.3, -0.25) is 4.79 Å². The first-order valence-corrected chi connectivity index (χ1v) is 9.60. The van der Waals surface area contributed by atoms with E-state index in [2.05, 4.69) is 43.3 Å². The Bertz CT molecular complexity index is 765. The molecule has 1 aliphatic rings. The van der Waals surface area contributed by atoms with Crippen molar-refractivity contribution in [2.75, 3.05) is 19.8 Å². The second-order valence-corrected chi connectivity index (χ2v) is 7.40. The number of hydrogen-bond donors (Lipinski definition) is 1. The van der Waals surface area contributed by atoms with Gasteiger partial charge in [0, 0.05) is 31.0 Å². The Balaban J connectivity index is 1.66. The summed E-state index contributed by atoms with van der Waals surface area (Å²) in [7, 11) is 0. The summed E-state index contributed by atoms with van der Waals surface area (Å²) >= 11 is 0. The van der Waals surface area contributed by atoms with Crippen molar-refractivity contribution in [3.05, 3.63) is 46.8 Å². The molecule has 0 atom stereocenters. The zero-order valence-corrected chi connectivity index (χ0v) is 16.0. The highest BCUT2D eigenvalue weighted by Crippen LogP contribution is 2.28. The van der Waals surface area contributed by atoms with E-state index >= 15 is 0 Å². The lowest BCUT2D eigenvalue weighted by atomic mass is 10.2. The monoisotopic (exact) mass is 355 g/mol. The van der Waals surface area contributed by atoms with Gasteiger partial charge in [-0.05, 0) is 50.2 Å². The maximum absolute atomic E-state index is 12.6. The number of benzene rings is 1. The maximum Gasteiger partial charge on any atom is 0.272 e. The van der Waals surface area contributed by atoms with E-state index in [1.165, 1.54) is 11.3 Å². The number of rotatable bonds is 8. The first kappa shape index (κ1) is 18.6. The van der Waals surface area contributed by atoms with Gasteiger partial charge in [-0.2, -0.15) is 5.10 Å². The molecular weight excluding hydrogens is 326 g/mol. The minimum Gasteiger partial charge on any atom is -0.381 e. The number of nitrogens with zero attached hydrogens (tertiary/aromatic N) is 2. The summed E-state index contributed by atoms with van der Waals surface area (Å²) in [6.45, 7) is 8.40. The van der Waals surface area contributed by atoms with Crippen molar-refractivity contribution >= 4 is 5.91 Å². The number of aromatic nitrogens is 2. The molecule has 0 aliphatic heterocycles. The van der Waals surface area contributed by atoms with Gasteiger partial charge in [0.15, 0.2) is 5.69 Å². The number of carbonyl (C=O) groups excluding carboxylic acids is 1. The van der Waals surface area contributed by atoms with Gasteiger partial charge in [-0.1, -0.05) is 32.0 Å². The van der Waals surface area contributed by atoms with Crippen molar-refractivity contribution < 1.29 is 9.53 Å². The first-order chi connectivity index (χ1) is 12.6. The van der Waals surface area contributed by atoms with Gasteiger partial charge in [-0.25, -0.2) is 4.68 Å². The summed E-state index contributed by atoms with van der Waals surface area (Å²) in [6.07, 6.45) is 3.82.